The molecule has 3 aromatic rings. The second-order valence-corrected chi connectivity index (χ2v) is 8.08. The summed E-state index contributed by atoms with van der Waals surface area (Å²) in [5.41, 5.74) is 7.26. The smallest absolute Gasteiger partial charge is 0.219 e. The van der Waals surface area contributed by atoms with Gasteiger partial charge in [0.2, 0.25) is 11.8 Å². The van der Waals surface area contributed by atoms with Crippen molar-refractivity contribution in [3.8, 4) is 22.9 Å². The van der Waals surface area contributed by atoms with E-state index in [0.29, 0.717) is 6.61 Å². The van der Waals surface area contributed by atoms with Crippen molar-refractivity contribution in [2.45, 2.75) is 39.7 Å². The molecule has 0 aliphatic carbocycles. The highest BCUT2D eigenvalue weighted by Crippen LogP contribution is 2.34. The molecule has 1 atom stereocenters. The highest BCUT2D eigenvalue weighted by molar-refractivity contribution is 5.83. The van der Waals surface area contributed by atoms with Crippen molar-refractivity contribution < 1.29 is 9.47 Å². The number of aryl methyl sites for hydroxylation is 4. The summed E-state index contributed by atoms with van der Waals surface area (Å²) in [5, 5.41) is 9.08. The highest BCUT2D eigenvalue weighted by Gasteiger charge is 2.19. The number of hydrogen-bond donors (Lipinski definition) is 0. The maximum Gasteiger partial charge on any atom is 0.219 e. The fourth-order valence-electron chi connectivity index (χ4n) is 3.92. The lowest BCUT2D eigenvalue weighted by molar-refractivity contribution is 0.161. The van der Waals surface area contributed by atoms with Crippen molar-refractivity contribution >= 4 is 11.6 Å². The summed E-state index contributed by atoms with van der Waals surface area (Å²) in [5.74, 6) is 1.53. The van der Waals surface area contributed by atoms with Crippen LogP contribution in [-0.4, -0.2) is 32.3 Å². The van der Waals surface area contributed by atoms with Gasteiger partial charge in [-0.3, -0.25) is 0 Å². The summed E-state index contributed by atoms with van der Waals surface area (Å²) in [6.07, 6.45) is 7.53. The summed E-state index contributed by atoms with van der Waals surface area (Å²) in [4.78, 5) is 0. The Morgan fingerprint density at radius 1 is 1.13 bits per heavy atom. The van der Waals surface area contributed by atoms with Gasteiger partial charge in [0, 0.05) is 20.5 Å². The van der Waals surface area contributed by atoms with E-state index in [4.69, 9.17) is 9.47 Å². The molecule has 0 saturated heterocycles. The van der Waals surface area contributed by atoms with Crippen LogP contribution in [-0.2, 0) is 20.5 Å². The van der Waals surface area contributed by atoms with Gasteiger partial charge in [0.05, 0.1) is 29.6 Å². The van der Waals surface area contributed by atoms with Crippen LogP contribution in [0.5, 0.6) is 11.8 Å². The number of aromatic nitrogens is 4. The maximum absolute atomic E-state index is 6.30. The molecule has 0 N–H and O–H groups in total. The fourth-order valence-corrected chi connectivity index (χ4v) is 3.92. The van der Waals surface area contributed by atoms with Crippen molar-refractivity contribution in [1.82, 2.24) is 19.6 Å². The fraction of sp³-hybridized carbons (Fsp3) is 0.360. The number of allylic oxidation sites excluding steroid dienone is 2. The molecule has 162 valence electrons. The van der Waals surface area contributed by atoms with Crippen molar-refractivity contribution in [3.63, 3.8) is 0 Å². The molecular weight excluding hydrogens is 388 g/mol. The van der Waals surface area contributed by atoms with Crippen molar-refractivity contribution in [3.05, 3.63) is 59.4 Å². The van der Waals surface area contributed by atoms with E-state index in [1.807, 2.05) is 25.0 Å². The average molecular weight is 419 g/mol. The van der Waals surface area contributed by atoms with Crippen LogP contribution in [0.2, 0.25) is 0 Å². The van der Waals surface area contributed by atoms with Gasteiger partial charge in [0.25, 0.3) is 0 Å². The van der Waals surface area contributed by atoms with Crippen LogP contribution in [0.15, 0.2) is 37.1 Å². The number of hydrogen-bond acceptors (Lipinski definition) is 4. The predicted molar refractivity (Wildman–Crippen MR) is 124 cm³/mol. The number of benzene rings is 1. The van der Waals surface area contributed by atoms with Crippen LogP contribution in [0.1, 0.15) is 42.7 Å². The third-order valence-electron chi connectivity index (χ3n) is 5.75. The van der Waals surface area contributed by atoms with Crippen molar-refractivity contribution in [2.75, 3.05) is 6.61 Å². The van der Waals surface area contributed by atoms with E-state index in [1.165, 1.54) is 5.56 Å². The molecule has 0 unspecified atom stereocenters. The molecule has 0 saturated carbocycles. The van der Waals surface area contributed by atoms with Crippen LogP contribution >= 0.6 is 0 Å². The van der Waals surface area contributed by atoms with Gasteiger partial charge in [-0.1, -0.05) is 31.7 Å². The highest BCUT2D eigenvalue weighted by atomic mass is 16.5. The Labute approximate surface area is 183 Å². The average Bonchev–Trinajstić information content (AvgIpc) is 3.25. The summed E-state index contributed by atoms with van der Waals surface area (Å²) < 4.78 is 16.1. The summed E-state index contributed by atoms with van der Waals surface area (Å²) in [7, 11) is 3.82. The van der Waals surface area contributed by atoms with Gasteiger partial charge in [-0.05, 0) is 54.7 Å². The summed E-state index contributed by atoms with van der Waals surface area (Å²) in [6.45, 7) is 11.1. The molecular formula is C25H30N4O2. The normalized spacial score (nSPS) is 17.6. The molecule has 3 heterocycles. The zero-order valence-electron chi connectivity index (χ0n) is 19.0. The molecule has 0 amide bonds. The number of fused-ring (bicyclic) bond motifs is 5. The minimum atomic E-state index is -0.0305. The van der Waals surface area contributed by atoms with E-state index in [9.17, 15) is 0 Å². The Bertz CT molecular complexity index is 1150. The topological polar surface area (TPSA) is 54.1 Å². The zero-order valence-corrected chi connectivity index (χ0v) is 19.0. The molecule has 2 aromatic heterocycles. The van der Waals surface area contributed by atoms with Crippen molar-refractivity contribution in [1.29, 1.82) is 0 Å². The number of nitrogens with zero attached hydrogens (tertiary/aromatic N) is 4. The van der Waals surface area contributed by atoms with Crippen LogP contribution in [0.3, 0.4) is 0 Å². The number of ether oxygens (including phenoxy) is 2. The van der Waals surface area contributed by atoms with E-state index >= 15 is 0 Å². The number of rotatable bonds is 1. The van der Waals surface area contributed by atoms with E-state index in [2.05, 4.69) is 67.9 Å². The lowest BCUT2D eigenvalue weighted by Crippen LogP contribution is -2.18. The van der Waals surface area contributed by atoms with Crippen LogP contribution in [0.4, 0.5) is 0 Å². The Balaban J connectivity index is 1.84. The standard InChI is InChI=1S/C25H30N4O2/c1-7-23-20-11-9-17(3)21-14-19(10-8-16(21)2)22-15-26-28(5)25(22)31-18(4)12-13-30-24(20)29(6)27-23/h8-11,14-15,18H,3,7,12-13H2,1-2,4-6H3/b11-9+/t18-/m0/s1. The maximum atomic E-state index is 6.30. The Kier molecular flexibility index (Phi) is 5.72. The monoisotopic (exact) mass is 418 g/mol. The van der Waals surface area contributed by atoms with Gasteiger partial charge in [-0.15, -0.1) is 0 Å². The molecule has 0 radical (unpaired) electrons. The zero-order chi connectivity index (χ0) is 22.1. The summed E-state index contributed by atoms with van der Waals surface area (Å²) in [6, 6.07) is 6.40. The first-order valence-electron chi connectivity index (χ1n) is 10.7. The van der Waals surface area contributed by atoms with Gasteiger partial charge >= 0.3 is 0 Å². The molecule has 4 rings (SSSR count). The van der Waals surface area contributed by atoms with E-state index in [0.717, 1.165) is 58.1 Å². The lowest BCUT2D eigenvalue weighted by Gasteiger charge is -2.17. The molecule has 6 nitrogen and oxygen atoms in total. The van der Waals surface area contributed by atoms with Gasteiger partial charge in [-0.2, -0.15) is 10.2 Å². The van der Waals surface area contributed by atoms with E-state index in [1.54, 1.807) is 4.68 Å². The molecule has 0 fully saturated rings. The molecule has 0 spiro atoms. The van der Waals surface area contributed by atoms with E-state index < -0.39 is 0 Å². The van der Waals surface area contributed by atoms with Gasteiger partial charge < -0.3 is 9.47 Å². The second kappa shape index (κ2) is 8.46. The van der Waals surface area contributed by atoms with Crippen LogP contribution in [0.25, 0.3) is 22.8 Å². The molecule has 6 heteroatoms. The van der Waals surface area contributed by atoms with Crippen LogP contribution in [0, 0.1) is 6.92 Å². The molecule has 31 heavy (non-hydrogen) atoms. The van der Waals surface area contributed by atoms with Crippen LogP contribution < -0.4 is 9.47 Å². The van der Waals surface area contributed by atoms with Gasteiger partial charge in [0.15, 0.2) is 0 Å². The minimum Gasteiger partial charge on any atom is -0.477 e. The van der Waals surface area contributed by atoms with Crippen molar-refractivity contribution in [2.24, 2.45) is 14.1 Å². The SMILES string of the molecule is C=C1/C=C/c2c(CC)nn(C)c2OCC[C@H](C)Oc2c(cnn2C)-c2ccc(C)c1c2. The molecule has 1 aromatic carbocycles. The minimum absolute atomic E-state index is 0.0305. The third kappa shape index (κ3) is 4.02. The summed E-state index contributed by atoms with van der Waals surface area (Å²) >= 11 is 0. The Hall–Kier alpha value is -3.28. The Morgan fingerprint density at radius 3 is 2.71 bits per heavy atom. The van der Waals surface area contributed by atoms with Gasteiger partial charge in [0.1, 0.15) is 6.10 Å². The first-order valence-corrected chi connectivity index (χ1v) is 10.7. The Morgan fingerprint density at radius 2 is 1.94 bits per heavy atom. The van der Waals surface area contributed by atoms with E-state index in [-0.39, 0.29) is 6.10 Å². The lowest BCUT2D eigenvalue weighted by atomic mass is 9.96. The molecule has 2 bridgehead atoms. The molecule has 1 aliphatic rings. The third-order valence-corrected chi connectivity index (χ3v) is 5.75. The predicted octanol–water partition coefficient (Wildman–Crippen LogP) is 4.97. The largest absolute Gasteiger partial charge is 0.477 e. The first-order chi connectivity index (χ1) is 14.9. The second-order valence-electron chi connectivity index (χ2n) is 8.08. The van der Waals surface area contributed by atoms with Gasteiger partial charge in [-0.25, -0.2) is 9.36 Å². The quantitative estimate of drug-likeness (QED) is 0.560. The molecule has 1 aliphatic heterocycles. The first kappa shape index (κ1) is 21.0.